The van der Waals surface area contributed by atoms with Crippen LogP contribution in [-0.2, 0) is 11.4 Å². The molecule has 0 saturated heterocycles. The lowest BCUT2D eigenvalue weighted by atomic mass is 9.98. The van der Waals surface area contributed by atoms with Crippen molar-refractivity contribution in [3.8, 4) is 23.0 Å². The Morgan fingerprint density at radius 1 is 1.08 bits per heavy atom. The molecule has 0 bridgehead atoms. The Morgan fingerprint density at radius 2 is 1.82 bits per heavy atom. The number of phenolic OH excluding ortho intramolecular Hbond substituents is 1. The summed E-state index contributed by atoms with van der Waals surface area (Å²) < 4.78 is 53.9. The maximum atomic E-state index is 12.5. The molecule has 0 radical (unpaired) electrons. The molecule has 0 spiro atoms. The van der Waals surface area contributed by atoms with Crippen molar-refractivity contribution >= 4 is 11.6 Å². The number of alkyl halides is 3. The second kappa shape index (κ2) is 11.0. The molecular weight excluding hydrogens is 503 g/mol. The van der Waals surface area contributed by atoms with Gasteiger partial charge in [-0.3, -0.25) is 9.78 Å². The van der Waals surface area contributed by atoms with Crippen molar-refractivity contribution in [2.45, 2.75) is 39.1 Å². The number of aromatic hydroxyl groups is 1. The molecule has 8 nitrogen and oxygen atoms in total. The van der Waals surface area contributed by atoms with Gasteiger partial charge in [0.1, 0.15) is 18.1 Å². The van der Waals surface area contributed by atoms with Crippen LogP contribution in [0.4, 0.5) is 13.2 Å². The van der Waals surface area contributed by atoms with E-state index in [1.54, 1.807) is 49.4 Å². The second-order valence-corrected chi connectivity index (χ2v) is 8.66. The third-order valence-corrected chi connectivity index (χ3v) is 6.02. The van der Waals surface area contributed by atoms with E-state index in [0.29, 0.717) is 34.9 Å². The molecule has 1 atom stereocenters. The molecule has 200 valence electrons. The number of benzene rings is 2. The Kier molecular flexibility index (Phi) is 7.75. The first kappa shape index (κ1) is 26.8. The van der Waals surface area contributed by atoms with E-state index in [2.05, 4.69) is 10.1 Å². The van der Waals surface area contributed by atoms with E-state index in [1.165, 1.54) is 31.3 Å². The Hall–Kier alpha value is -4.28. The molecule has 1 amide bonds. The number of hydrazone groups is 1. The molecule has 2 aromatic carbocycles. The average molecular weight is 530 g/mol. The zero-order valence-electron chi connectivity index (χ0n) is 21.0. The highest BCUT2D eigenvalue weighted by molar-refractivity contribution is 6.03. The Labute approximate surface area is 217 Å². The summed E-state index contributed by atoms with van der Waals surface area (Å²) in [4.78, 5) is 16.6. The number of carbonyl (C=O) groups is 1. The Bertz CT molecular complexity index is 1340. The van der Waals surface area contributed by atoms with Crippen LogP contribution in [0.1, 0.15) is 41.8 Å². The SMILES string of the molecule is COc1cc(C2CC(c3ccc(O)cc3)=NN2C(C)=O)ccc1OCc1nccc(OCC(F)(F)F)c1C. The van der Waals surface area contributed by atoms with Gasteiger partial charge in [-0.25, -0.2) is 5.01 Å². The van der Waals surface area contributed by atoms with Crippen LogP contribution in [0, 0.1) is 6.92 Å². The minimum Gasteiger partial charge on any atom is -0.508 e. The lowest BCUT2D eigenvalue weighted by molar-refractivity contribution is -0.153. The van der Waals surface area contributed by atoms with E-state index in [-0.39, 0.29) is 30.1 Å². The summed E-state index contributed by atoms with van der Waals surface area (Å²) in [6, 6.07) is 12.9. The average Bonchev–Trinajstić information content (AvgIpc) is 3.33. The molecular formula is C27H26F3N3O5. The summed E-state index contributed by atoms with van der Waals surface area (Å²) in [6.07, 6.45) is -2.63. The molecule has 1 unspecified atom stereocenters. The number of halogens is 3. The monoisotopic (exact) mass is 529 g/mol. The summed E-state index contributed by atoms with van der Waals surface area (Å²) in [5.41, 5.74) is 3.14. The van der Waals surface area contributed by atoms with Crippen molar-refractivity contribution in [3.63, 3.8) is 0 Å². The van der Waals surface area contributed by atoms with E-state index in [0.717, 1.165) is 11.1 Å². The molecule has 0 saturated carbocycles. The lowest BCUT2D eigenvalue weighted by Crippen LogP contribution is -2.24. The number of rotatable bonds is 8. The van der Waals surface area contributed by atoms with Gasteiger partial charge < -0.3 is 19.3 Å². The third-order valence-electron chi connectivity index (χ3n) is 6.02. The van der Waals surface area contributed by atoms with Gasteiger partial charge in [-0.2, -0.15) is 18.3 Å². The normalized spacial score (nSPS) is 15.3. The molecule has 1 aliphatic heterocycles. The Morgan fingerprint density at radius 3 is 2.47 bits per heavy atom. The predicted octanol–water partition coefficient (Wildman–Crippen LogP) is 5.32. The van der Waals surface area contributed by atoms with Crippen molar-refractivity contribution < 1.29 is 37.3 Å². The number of amides is 1. The van der Waals surface area contributed by atoms with E-state index in [1.807, 2.05) is 0 Å². The standard InChI is InChI=1S/C27H26F3N3O5/c1-16-22(31-11-10-24(16)38-15-27(28,29)30)14-37-25-9-6-19(12-26(25)36-3)23-13-21(32-33(23)17(2)34)18-4-7-20(35)8-5-18/h4-12,23,35H,13-15H2,1-3H3. The van der Waals surface area contributed by atoms with Crippen LogP contribution >= 0.6 is 0 Å². The molecule has 0 fully saturated rings. The molecule has 11 heteroatoms. The smallest absolute Gasteiger partial charge is 0.422 e. The highest BCUT2D eigenvalue weighted by Gasteiger charge is 2.32. The molecule has 38 heavy (non-hydrogen) atoms. The van der Waals surface area contributed by atoms with Gasteiger partial charge in [-0.05, 0) is 60.5 Å². The van der Waals surface area contributed by atoms with Crippen molar-refractivity contribution in [2.24, 2.45) is 5.10 Å². The maximum absolute atomic E-state index is 12.5. The van der Waals surface area contributed by atoms with Gasteiger partial charge in [0, 0.05) is 25.1 Å². The van der Waals surface area contributed by atoms with Crippen LogP contribution in [0.5, 0.6) is 23.0 Å². The molecule has 2 heterocycles. The molecule has 1 aliphatic rings. The highest BCUT2D eigenvalue weighted by atomic mass is 19.4. The van der Waals surface area contributed by atoms with Gasteiger partial charge in [-0.15, -0.1) is 0 Å². The largest absolute Gasteiger partial charge is 0.508 e. The summed E-state index contributed by atoms with van der Waals surface area (Å²) >= 11 is 0. The topological polar surface area (TPSA) is 93.5 Å². The first-order valence-electron chi connectivity index (χ1n) is 11.7. The van der Waals surface area contributed by atoms with Crippen LogP contribution in [0.15, 0.2) is 59.8 Å². The molecule has 1 N–H and O–H groups in total. The molecule has 0 aliphatic carbocycles. The van der Waals surface area contributed by atoms with Crippen molar-refractivity contribution in [2.75, 3.05) is 13.7 Å². The number of hydrogen-bond acceptors (Lipinski definition) is 7. The van der Waals surface area contributed by atoms with Crippen LogP contribution < -0.4 is 14.2 Å². The summed E-state index contributed by atoms with van der Waals surface area (Å²) in [5, 5.41) is 15.5. The highest BCUT2D eigenvalue weighted by Crippen LogP contribution is 2.38. The third kappa shape index (κ3) is 6.16. The molecule has 1 aromatic heterocycles. The van der Waals surface area contributed by atoms with Gasteiger partial charge in [0.25, 0.3) is 0 Å². The van der Waals surface area contributed by atoms with E-state index >= 15 is 0 Å². The van der Waals surface area contributed by atoms with Crippen molar-refractivity contribution in [1.82, 2.24) is 9.99 Å². The number of nitrogens with zero attached hydrogens (tertiary/aromatic N) is 3. The van der Waals surface area contributed by atoms with Gasteiger partial charge >= 0.3 is 6.18 Å². The van der Waals surface area contributed by atoms with Gasteiger partial charge in [0.15, 0.2) is 18.1 Å². The first-order valence-corrected chi connectivity index (χ1v) is 11.7. The summed E-state index contributed by atoms with van der Waals surface area (Å²) in [6.45, 7) is 1.62. The van der Waals surface area contributed by atoms with Gasteiger partial charge in [-0.1, -0.05) is 6.07 Å². The molecule has 4 rings (SSSR count). The fraction of sp³-hybridized carbons (Fsp3) is 0.296. The van der Waals surface area contributed by atoms with Gasteiger partial charge in [0.2, 0.25) is 5.91 Å². The summed E-state index contributed by atoms with van der Waals surface area (Å²) in [5.74, 6) is 0.793. The molecule has 3 aromatic rings. The number of pyridine rings is 1. The number of carbonyl (C=O) groups excluding carboxylic acids is 1. The van der Waals surface area contributed by atoms with Crippen LogP contribution in [0.3, 0.4) is 0 Å². The Balaban J connectivity index is 1.51. The van der Waals surface area contributed by atoms with E-state index in [9.17, 15) is 23.1 Å². The number of hydrogen-bond donors (Lipinski definition) is 1. The minimum atomic E-state index is -4.45. The van der Waals surface area contributed by atoms with E-state index < -0.39 is 12.8 Å². The first-order chi connectivity index (χ1) is 18.1. The number of methoxy groups -OCH3 is 1. The fourth-order valence-corrected chi connectivity index (χ4v) is 4.07. The quantitative estimate of drug-likeness (QED) is 0.425. The predicted molar refractivity (Wildman–Crippen MR) is 132 cm³/mol. The van der Waals surface area contributed by atoms with Crippen LogP contribution in [0.25, 0.3) is 0 Å². The van der Waals surface area contributed by atoms with E-state index in [4.69, 9.17) is 14.2 Å². The number of aromatic nitrogens is 1. The maximum Gasteiger partial charge on any atom is 0.422 e. The summed E-state index contributed by atoms with van der Waals surface area (Å²) in [7, 11) is 1.48. The van der Waals surface area contributed by atoms with Crippen molar-refractivity contribution in [3.05, 3.63) is 77.1 Å². The lowest BCUT2D eigenvalue weighted by Gasteiger charge is -2.22. The van der Waals surface area contributed by atoms with Crippen molar-refractivity contribution in [1.29, 1.82) is 0 Å². The fourth-order valence-electron chi connectivity index (χ4n) is 4.07. The number of ether oxygens (including phenoxy) is 3. The second-order valence-electron chi connectivity index (χ2n) is 8.66. The minimum absolute atomic E-state index is 0.0259. The number of phenols is 1. The zero-order valence-corrected chi connectivity index (χ0v) is 21.0. The van der Waals surface area contributed by atoms with Crippen LogP contribution in [0.2, 0.25) is 0 Å². The van der Waals surface area contributed by atoms with Crippen LogP contribution in [-0.4, -0.2) is 46.6 Å². The van der Waals surface area contributed by atoms with Gasteiger partial charge in [0.05, 0.1) is 24.6 Å². The zero-order chi connectivity index (χ0) is 27.4.